The van der Waals surface area contributed by atoms with Crippen LogP contribution in [0.15, 0.2) is 12.5 Å². The average molecular weight is 470 g/mol. The molecule has 0 aliphatic heterocycles. The molecular formula is C19H30N6O8. The summed E-state index contributed by atoms with van der Waals surface area (Å²) in [4.78, 5) is 66.0. The Morgan fingerprint density at radius 2 is 1.67 bits per heavy atom. The number of hydrogen-bond acceptors (Lipinski definition) is 8. The molecule has 14 heteroatoms. The van der Waals surface area contributed by atoms with E-state index < -0.39 is 66.4 Å². The molecule has 1 aromatic rings. The minimum atomic E-state index is -1.49. The SMILES string of the molecule is CC(C)C(NC(=O)C(N)CCC(=O)O)C(=O)NC(CO)C(=O)NC(Cc1cnc[nH]1)C(=O)O. The van der Waals surface area contributed by atoms with Gasteiger partial charge >= 0.3 is 11.9 Å². The minimum absolute atomic E-state index is 0.105. The third kappa shape index (κ3) is 9.24. The van der Waals surface area contributed by atoms with Gasteiger partial charge in [0.2, 0.25) is 17.7 Å². The van der Waals surface area contributed by atoms with E-state index in [1.165, 1.54) is 12.5 Å². The van der Waals surface area contributed by atoms with Crippen molar-refractivity contribution < 1.29 is 39.3 Å². The first-order valence-electron chi connectivity index (χ1n) is 10.2. The van der Waals surface area contributed by atoms with Crippen LogP contribution in [0.4, 0.5) is 0 Å². The number of carboxylic acid groups (broad SMARTS) is 2. The van der Waals surface area contributed by atoms with Gasteiger partial charge in [0.25, 0.3) is 0 Å². The number of aliphatic hydroxyl groups is 1. The zero-order chi connectivity index (χ0) is 25.1. The molecule has 0 aliphatic carbocycles. The van der Waals surface area contributed by atoms with E-state index >= 15 is 0 Å². The van der Waals surface area contributed by atoms with Gasteiger partial charge in [-0.25, -0.2) is 9.78 Å². The summed E-state index contributed by atoms with van der Waals surface area (Å²) in [5.41, 5.74) is 6.11. The molecule has 0 saturated heterocycles. The number of H-pyrrole nitrogens is 1. The number of carbonyl (C=O) groups is 5. The Hall–Kier alpha value is -3.52. The number of imidazole rings is 1. The summed E-state index contributed by atoms with van der Waals surface area (Å²) in [7, 11) is 0. The fourth-order valence-corrected chi connectivity index (χ4v) is 2.75. The third-order valence-electron chi connectivity index (χ3n) is 4.66. The second-order valence-electron chi connectivity index (χ2n) is 7.69. The molecule has 0 saturated carbocycles. The fraction of sp³-hybridized carbons (Fsp3) is 0.579. The number of aromatic nitrogens is 2. The van der Waals surface area contributed by atoms with Crippen LogP contribution in [-0.2, 0) is 30.4 Å². The van der Waals surface area contributed by atoms with Crippen molar-refractivity contribution in [3.05, 3.63) is 18.2 Å². The Kier molecular flexibility index (Phi) is 10.9. The maximum Gasteiger partial charge on any atom is 0.326 e. The highest BCUT2D eigenvalue weighted by atomic mass is 16.4. The first-order valence-corrected chi connectivity index (χ1v) is 10.2. The molecule has 0 aliphatic rings. The molecule has 1 heterocycles. The van der Waals surface area contributed by atoms with Crippen molar-refractivity contribution in [2.24, 2.45) is 11.7 Å². The molecule has 0 radical (unpaired) electrons. The van der Waals surface area contributed by atoms with Crippen molar-refractivity contribution in [3.8, 4) is 0 Å². The first kappa shape index (κ1) is 27.5. The number of amides is 3. The smallest absolute Gasteiger partial charge is 0.326 e. The molecule has 9 N–H and O–H groups in total. The summed E-state index contributed by atoms with van der Waals surface area (Å²) in [6, 6.07) is -5.14. The van der Waals surface area contributed by atoms with Gasteiger partial charge in [-0.3, -0.25) is 19.2 Å². The lowest BCUT2D eigenvalue weighted by atomic mass is 10.0. The topological polar surface area (TPSA) is 237 Å². The van der Waals surface area contributed by atoms with E-state index in [0.29, 0.717) is 5.69 Å². The molecule has 4 unspecified atom stereocenters. The van der Waals surface area contributed by atoms with Crippen molar-refractivity contribution >= 4 is 29.7 Å². The molecule has 0 fully saturated rings. The summed E-state index contributed by atoms with van der Waals surface area (Å²) in [6.45, 7) is 2.41. The fourth-order valence-electron chi connectivity index (χ4n) is 2.75. The Morgan fingerprint density at radius 1 is 1.03 bits per heavy atom. The maximum absolute atomic E-state index is 12.7. The lowest BCUT2D eigenvalue weighted by molar-refractivity contribution is -0.142. The van der Waals surface area contributed by atoms with E-state index in [1.54, 1.807) is 13.8 Å². The van der Waals surface area contributed by atoms with Gasteiger partial charge in [-0.05, 0) is 12.3 Å². The Balaban J connectivity index is 2.78. The molecule has 0 aromatic carbocycles. The molecule has 0 bridgehead atoms. The molecule has 4 atom stereocenters. The lowest BCUT2D eigenvalue weighted by Crippen LogP contribution is -2.59. The van der Waals surface area contributed by atoms with E-state index in [4.69, 9.17) is 10.8 Å². The summed E-state index contributed by atoms with van der Waals surface area (Å²) in [5.74, 6) is -5.40. The number of aliphatic carboxylic acids is 2. The maximum atomic E-state index is 12.7. The molecule has 33 heavy (non-hydrogen) atoms. The number of aromatic amines is 1. The zero-order valence-corrected chi connectivity index (χ0v) is 18.3. The Bertz CT molecular complexity index is 828. The van der Waals surface area contributed by atoms with Gasteiger partial charge in [-0.1, -0.05) is 13.8 Å². The standard InChI is InChI=1S/C19H30N6O8/c1-9(2)15(25-16(29)11(20)3-4-14(27)28)18(31)24-13(7-26)17(30)23-12(19(32)33)5-10-6-21-8-22-10/h6,8-9,11-13,15,26H,3-5,7,20H2,1-2H3,(H,21,22)(H,23,30)(H,24,31)(H,25,29)(H,27,28)(H,32,33). The summed E-state index contributed by atoms with van der Waals surface area (Å²) < 4.78 is 0. The molecule has 184 valence electrons. The van der Waals surface area contributed by atoms with Gasteiger partial charge in [-0.15, -0.1) is 0 Å². The second kappa shape index (κ2) is 13.1. The summed E-state index contributed by atoms with van der Waals surface area (Å²) >= 11 is 0. The molecule has 1 aromatic heterocycles. The highest BCUT2D eigenvalue weighted by molar-refractivity contribution is 5.94. The first-order chi connectivity index (χ1) is 15.5. The quantitative estimate of drug-likeness (QED) is 0.140. The highest BCUT2D eigenvalue weighted by Gasteiger charge is 2.31. The molecule has 14 nitrogen and oxygen atoms in total. The van der Waals surface area contributed by atoms with Crippen LogP contribution in [0.5, 0.6) is 0 Å². The van der Waals surface area contributed by atoms with E-state index in [0.717, 1.165) is 0 Å². The van der Waals surface area contributed by atoms with Crippen LogP contribution >= 0.6 is 0 Å². The molecular weight excluding hydrogens is 440 g/mol. The second-order valence-corrected chi connectivity index (χ2v) is 7.69. The number of nitrogens with two attached hydrogens (primary N) is 1. The number of carboxylic acids is 2. The predicted octanol–water partition coefficient (Wildman–Crippen LogP) is -2.67. The van der Waals surface area contributed by atoms with Crippen molar-refractivity contribution in [2.75, 3.05) is 6.61 Å². The number of rotatable bonds is 14. The van der Waals surface area contributed by atoms with Gasteiger partial charge in [0, 0.05) is 24.7 Å². The van der Waals surface area contributed by atoms with Gasteiger partial charge in [0.1, 0.15) is 18.1 Å². The van der Waals surface area contributed by atoms with Crippen LogP contribution in [0.25, 0.3) is 0 Å². The summed E-state index contributed by atoms with van der Waals surface area (Å²) in [5, 5.41) is 34.5. The van der Waals surface area contributed by atoms with Gasteiger partial charge in [0.15, 0.2) is 0 Å². The van der Waals surface area contributed by atoms with E-state index in [9.17, 15) is 34.2 Å². The molecule has 0 spiro atoms. The van der Waals surface area contributed by atoms with Crippen LogP contribution in [0.1, 0.15) is 32.4 Å². The number of carbonyl (C=O) groups excluding carboxylic acids is 3. The monoisotopic (exact) mass is 470 g/mol. The predicted molar refractivity (Wildman–Crippen MR) is 112 cm³/mol. The van der Waals surface area contributed by atoms with Crippen LogP contribution < -0.4 is 21.7 Å². The van der Waals surface area contributed by atoms with Crippen molar-refractivity contribution in [1.82, 2.24) is 25.9 Å². The normalized spacial score (nSPS) is 14.6. The van der Waals surface area contributed by atoms with Crippen LogP contribution in [-0.4, -0.2) is 85.7 Å². The molecule has 3 amide bonds. The largest absolute Gasteiger partial charge is 0.481 e. The highest BCUT2D eigenvalue weighted by Crippen LogP contribution is 2.05. The third-order valence-corrected chi connectivity index (χ3v) is 4.66. The molecule has 1 rings (SSSR count). The van der Waals surface area contributed by atoms with Crippen LogP contribution in [0.3, 0.4) is 0 Å². The lowest BCUT2D eigenvalue weighted by Gasteiger charge is -2.26. The van der Waals surface area contributed by atoms with E-state index in [1.807, 2.05) is 0 Å². The number of nitrogens with zero attached hydrogens (tertiary/aromatic N) is 1. The summed E-state index contributed by atoms with van der Waals surface area (Å²) in [6.07, 6.45) is 2.17. The van der Waals surface area contributed by atoms with E-state index in [2.05, 4.69) is 25.9 Å². The van der Waals surface area contributed by atoms with Gasteiger partial charge in [-0.2, -0.15) is 0 Å². The zero-order valence-electron chi connectivity index (χ0n) is 18.3. The minimum Gasteiger partial charge on any atom is -0.481 e. The Morgan fingerprint density at radius 3 is 2.15 bits per heavy atom. The van der Waals surface area contributed by atoms with E-state index in [-0.39, 0.29) is 19.3 Å². The Labute approximate surface area is 189 Å². The van der Waals surface area contributed by atoms with Crippen molar-refractivity contribution in [2.45, 2.75) is 57.3 Å². The van der Waals surface area contributed by atoms with Crippen molar-refractivity contribution in [3.63, 3.8) is 0 Å². The van der Waals surface area contributed by atoms with Gasteiger partial charge < -0.3 is 42.0 Å². The average Bonchev–Trinajstić information content (AvgIpc) is 3.25. The van der Waals surface area contributed by atoms with Crippen LogP contribution in [0.2, 0.25) is 0 Å². The number of aliphatic hydroxyl groups excluding tert-OH is 1. The van der Waals surface area contributed by atoms with Crippen molar-refractivity contribution in [1.29, 1.82) is 0 Å². The van der Waals surface area contributed by atoms with Crippen LogP contribution in [0, 0.1) is 5.92 Å². The van der Waals surface area contributed by atoms with Gasteiger partial charge in [0.05, 0.1) is 19.0 Å². The number of nitrogens with one attached hydrogen (secondary N) is 4. The number of hydrogen-bond donors (Lipinski definition) is 8.